The van der Waals surface area contributed by atoms with Crippen molar-refractivity contribution in [1.29, 1.82) is 0 Å². The first-order chi connectivity index (χ1) is 9.08. The summed E-state index contributed by atoms with van der Waals surface area (Å²) in [5.74, 6) is -0.0548. The van der Waals surface area contributed by atoms with E-state index in [-0.39, 0.29) is 11.9 Å². The number of nitrogens with one attached hydrogen (secondary N) is 2. The number of unbranched alkanes of at least 4 members (excludes halogenated alkanes) is 2. The molecule has 4 heteroatoms. The van der Waals surface area contributed by atoms with Crippen LogP contribution in [0.3, 0.4) is 0 Å². The Kier molecular flexibility index (Phi) is 6.33. The predicted molar refractivity (Wildman–Crippen MR) is 79.6 cm³/mol. The molecule has 1 amide bonds. The maximum atomic E-state index is 12.2. The highest BCUT2D eigenvalue weighted by atomic mass is 16.1. The summed E-state index contributed by atoms with van der Waals surface area (Å²) in [5.41, 5.74) is 2.33. The summed E-state index contributed by atoms with van der Waals surface area (Å²) < 4.78 is 0. The lowest BCUT2D eigenvalue weighted by atomic mass is 10.1. The van der Waals surface area contributed by atoms with Gasteiger partial charge in [-0.25, -0.2) is 0 Å². The Morgan fingerprint density at radius 2 is 2.16 bits per heavy atom. The van der Waals surface area contributed by atoms with E-state index in [1.54, 1.807) is 6.20 Å². The highest BCUT2D eigenvalue weighted by Crippen LogP contribution is 2.15. The molecule has 0 aliphatic rings. The molecule has 0 fully saturated rings. The number of rotatable bonds is 7. The molecule has 1 aromatic rings. The second-order valence-electron chi connectivity index (χ2n) is 4.99. The predicted octanol–water partition coefficient (Wildman–Crippen LogP) is 3.13. The van der Waals surface area contributed by atoms with Crippen molar-refractivity contribution in [3.05, 3.63) is 23.5 Å². The molecular weight excluding hydrogens is 238 g/mol. The molecule has 0 saturated carbocycles. The molecule has 106 valence electrons. The number of hydrogen-bond donors (Lipinski definition) is 2. The minimum Gasteiger partial charge on any atom is -0.387 e. The fraction of sp³-hybridized carbons (Fsp3) is 0.600. The molecule has 0 spiro atoms. The number of nitrogens with zero attached hydrogens (tertiary/aromatic N) is 1. The molecule has 1 aromatic heterocycles. The second kappa shape index (κ2) is 7.77. The fourth-order valence-electron chi connectivity index (χ4n) is 2.02. The van der Waals surface area contributed by atoms with Gasteiger partial charge in [0, 0.05) is 25.0 Å². The maximum Gasteiger partial charge on any atom is 0.255 e. The topological polar surface area (TPSA) is 54.0 Å². The lowest BCUT2D eigenvalue weighted by Crippen LogP contribution is -2.33. The molecule has 2 N–H and O–H groups in total. The average Bonchev–Trinajstić information content (AvgIpc) is 2.38. The Morgan fingerprint density at radius 3 is 2.79 bits per heavy atom. The van der Waals surface area contributed by atoms with Gasteiger partial charge in [-0.2, -0.15) is 0 Å². The van der Waals surface area contributed by atoms with E-state index in [2.05, 4.69) is 22.5 Å². The molecule has 0 bridgehead atoms. The van der Waals surface area contributed by atoms with E-state index >= 15 is 0 Å². The first-order valence-corrected chi connectivity index (χ1v) is 7.03. The van der Waals surface area contributed by atoms with Crippen molar-refractivity contribution < 1.29 is 4.79 Å². The van der Waals surface area contributed by atoms with Crippen molar-refractivity contribution in [1.82, 2.24) is 10.3 Å². The number of carbonyl (C=O) groups excluding carboxylic acids is 1. The van der Waals surface area contributed by atoms with Crippen LogP contribution in [0.5, 0.6) is 0 Å². The Bertz CT molecular complexity index is 418. The van der Waals surface area contributed by atoms with E-state index in [0.29, 0.717) is 5.56 Å². The molecule has 0 aromatic carbocycles. The molecule has 1 atom stereocenters. The van der Waals surface area contributed by atoms with Gasteiger partial charge in [-0.15, -0.1) is 0 Å². The molecule has 0 aliphatic carbocycles. The van der Waals surface area contributed by atoms with Crippen LogP contribution in [0.2, 0.25) is 0 Å². The molecule has 0 saturated heterocycles. The summed E-state index contributed by atoms with van der Waals surface area (Å²) in [6.07, 6.45) is 6.23. The molecule has 0 aliphatic heterocycles. The van der Waals surface area contributed by atoms with Gasteiger partial charge in [0.15, 0.2) is 0 Å². The fourth-order valence-corrected chi connectivity index (χ4v) is 2.02. The smallest absolute Gasteiger partial charge is 0.255 e. The summed E-state index contributed by atoms with van der Waals surface area (Å²) in [6, 6.07) is 2.08. The van der Waals surface area contributed by atoms with Crippen molar-refractivity contribution in [3.8, 4) is 0 Å². The number of aryl methyl sites for hydroxylation is 1. The normalized spacial score (nSPS) is 12.0. The van der Waals surface area contributed by atoms with Crippen LogP contribution in [0.25, 0.3) is 0 Å². The molecule has 1 unspecified atom stereocenters. The zero-order valence-corrected chi connectivity index (χ0v) is 12.4. The van der Waals surface area contributed by atoms with E-state index in [1.165, 1.54) is 12.8 Å². The molecule has 0 radical (unpaired) electrons. The number of anilines is 1. The zero-order chi connectivity index (χ0) is 14.3. The summed E-state index contributed by atoms with van der Waals surface area (Å²) >= 11 is 0. The SMILES string of the molecule is CCCCCC(C)NC(=O)c1cnc(C)cc1NC. The molecule has 4 nitrogen and oxygen atoms in total. The number of amides is 1. The minimum absolute atomic E-state index is 0.0548. The Balaban J connectivity index is 2.62. The quantitative estimate of drug-likeness (QED) is 0.743. The van der Waals surface area contributed by atoms with E-state index in [0.717, 1.165) is 24.2 Å². The van der Waals surface area contributed by atoms with E-state index in [1.807, 2.05) is 27.0 Å². The highest BCUT2D eigenvalue weighted by Gasteiger charge is 2.13. The molecule has 19 heavy (non-hydrogen) atoms. The Labute approximate surface area is 116 Å². The monoisotopic (exact) mass is 263 g/mol. The van der Waals surface area contributed by atoms with Gasteiger partial charge >= 0.3 is 0 Å². The minimum atomic E-state index is -0.0548. The van der Waals surface area contributed by atoms with Crippen LogP contribution < -0.4 is 10.6 Å². The van der Waals surface area contributed by atoms with Crippen LogP contribution in [0.1, 0.15) is 55.6 Å². The van der Waals surface area contributed by atoms with Crippen molar-refractivity contribution in [2.75, 3.05) is 12.4 Å². The van der Waals surface area contributed by atoms with Gasteiger partial charge in [0.1, 0.15) is 0 Å². The van der Waals surface area contributed by atoms with Crippen molar-refractivity contribution in [3.63, 3.8) is 0 Å². The first-order valence-electron chi connectivity index (χ1n) is 7.03. The number of carbonyl (C=O) groups is 1. The van der Waals surface area contributed by atoms with Gasteiger partial charge in [0.25, 0.3) is 5.91 Å². The summed E-state index contributed by atoms with van der Waals surface area (Å²) in [7, 11) is 1.82. The van der Waals surface area contributed by atoms with Crippen LogP contribution in [0.15, 0.2) is 12.3 Å². The summed E-state index contributed by atoms with van der Waals surface area (Å²) in [4.78, 5) is 16.4. The summed E-state index contributed by atoms with van der Waals surface area (Å²) in [6.45, 7) is 6.14. The van der Waals surface area contributed by atoms with Gasteiger partial charge in [0.05, 0.1) is 11.3 Å². The van der Waals surface area contributed by atoms with Crippen LogP contribution >= 0.6 is 0 Å². The summed E-state index contributed by atoms with van der Waals surface area (Å²) in [5, 5.41) is 6.07. The van der Waals surface area contributed by atoms with Gasteiger partial charge in [-0.3, -0.25) is 9.78 Å². The second-order valence-corrected chi connectivity index (χ2v) is 4.99. The van der Waals surface area contributed by atoms with E-state index in [9.17, 15) is 4.79 Å². The van der Waals surface area contributed by atoms with Crippen LogP contribution in [0.4, 0.5) is 5.69 Å². The number of pyridine rings is 1. The molecule has 1 rings (SSSR count). The molecule has 1 heterocycles. The Morgan fingerprint density at radius 1 is 1.42 bits per heavy atom. The third-order valence-corrected chi connectivity index (χ3v) is 3.17. The standard InChI is InChI=1S/C15H25N3O/c1-5-6-7-8-11(2)18-15(19)13-10-17-12(3)9-14(13)16-4/h9-11H,5-8H2,1-4H3,(H,16,17)(H,18,19). The van der Waals surface area contributed by atoms with Crippen molar-refractivity contribution in [2.45, 2.75) is 52.5 Å². The van der Waals surface area contributed by atoms with Gasteiger partial charge in [-0.05, 0) is 26.3 Å². The van der Waals surface area contributed by atoms with E-state index < -0.39 is 0 Å². The third-order valence-electron chi connectivity index (χ3n) is 3.17. The maximum absolute atomic E-state index is 12.2. The average molecular weight is 263 g/mol. The van der Waals surface area contributed by atoms with Crippen LogP contribution in [-0.2, 0) is 0 Å². The lowest BCUT2D eigenvalue weighted by Gasteiger charge is -2.15. The van der Waals surface area contributed by atoms with Gasteiger partial charge in [-0.1, -0.05) is 26.2 Å². The zero-order valence-electron chi connectivity index (χ0n) is 12.4. The van der Waals surface area contributed by atoms with Crippen molar-refractivity contribution in [2.24, 2.45) is 0 Å². The van der Waals surface area contributed by atoms with Gasteiger partial charge in [0.2, 0.25) is 0 Å². The van der Waals surface area contributed by atoms with Gasteiger partial charge < -0.3 is 10.6 Å². The largest absolute Gasteiger partial charge is 0.387 e. The van der Waals surface area contributed by atoms with Crippen molar-refractivity contribution >= 4 is 11.6 Å². The highest BCUT2D eigenvalue weighted by molar-refractivity contribution is 5.99. The number of aromatic nitrogens is 1. The first kappa shape index (κ1) is 15.5. The van der Waals surface area contributed by atoms with Crippen LogP contribution in [0, 0.1) is 6.92 Å². The molecular formula is C15H25N3O. The van der Waals surface area contributed by atoms with Crippen LogP contribution in [-0.4, -0.2) is 24.0 Å². The number of hydrogen-bond acceptors (Lipinski definition) is 3. The Hall–Kier alpha value is -1.58. The lowest BCUT2D eigenvalue weighted by molar-refractivity contribution is 0.0938. The van der Waals surface area contributed by atoms with E-state index in [4.69, 9.17) is 0 Å². The third kappa shape index (κ3) is 4.89.